The summed E-state index contributed by atoms with van der Waals surface area (Å²) in [5.74, 6) is 1.21. The van der Waals surface area contributed by atoms with Gasteiger partial charge in [0.15, 0.2) is 12.4 Å². The molecule has 0 bridgehead atoms. The normalized spacial score (nSPS) is 15.3. The Morgan fingerprint density at radius 3 is 2.07 bits per heavy atom. The van der Waals surface area contributed by atoms with Gasteiger partial charge < -0.3 is 14.4 Å². The Labute approximate surface area is 158 Å². The molecule has 0 unspecified atom stereocenters. The van der Waals surface area contributed by atoms with Crippen molar-refractivity contribution in [3.63, 3.8) is 0 Å². The van der Waals surface area contributed by atoms with Crippen LogP contribution in [0.25, 0.3) is 11.1 Å². The number of piperidine rings is 1. The first-order valence-corrected chi connectivity index (χ1v) is 9.54. The summed E-state index contributed by atoms with van der Waals surface area (Å²) < 4.78 is 11.2. The SMILES string of the molecule is CCOc1ccc2c(c1)C(=O)c1cc(OCC(=O)N3CCCCC3)ccc1-2. The number of hydrogen-bond acceptors (Lipinski definition) is 4. The third-order valence-corrected chi connectivity index (χ3v) is 5.14. The monoisotopic (exact) mass is 365 g/mol. The quantitative estimate of drug-likeness (QED) is 0.692. The number of amides is 1. The second-order valence-corrected chi connectivity index (χ2v) is 6.91. The van der Waals surface area contributed by atoms with Gasteiger partial charge in [0.1, 0.15) is 11.5 Å². The first kappa shape index (κ1) is 17.6. The van der Waals surface area contributed by atoms with Crippen molar-refractivity contribution < 1.29 is 19.1 Å². The molecule has 1 fully saturated rings. The van der Waals surface area contributed by atoms with Gasteiger partial charge in [0.2, 0.25) is 0 Å². The number of hydrogen-bond donors (Lipinski definition) is 0. The van der Waals surface area contributed by atoms with Crippen molar-refractivity contribution >= 4 is 11.7 Å². The summed E-state index contributed by atoms with van der Waals surface area (Å²) in [5.41, 5.74) is 3.07. The maximum atomic E-state index is 12.8. The molecule has 2 aromatic carbocycles. The third-order valence-electron chi connectivity index (χ3n) is 5.14. The van der Waals surface area contributed by atoms with E-state index in [9.17, 15) is 9.59 Å². The second kappa shape index (κ2) is 7.43. The molecule has 0 atom stereocenters. The van der Waals surface area contributed by atoms with E-state index in [0.29, 0.717) is 29.2 Å². The summed E-state index contributed by atoms with van der Waals surface area (Å²) in [4.78, 5) is 26.9. The van der Waals surface area contributed by atoms with Crippen molar-refractivity contribution in [3.8, 4) is 22.6 Å². The maximum Gasteiger partial charge on any atom is 0.260 e. The van der Waals surface area contributed by atoms with Crippen LogP contribution in [0.15, 0.2) is 36.4 Å². The number of ketones is 1. The fourth-order valence-corrected chi connectivity index (χ4v) is 3.76. The van der Waals surface area contributed by atoms with Gasteiger partial charge in [0, 0.05) is 24.2 Å². The molecule has 27 heavy (non-hydrogen) atoms. The first-order valence-electron chi connectivity index (χ1n) is 9.54. The van der Waals surface area contributed by atoms with Crippen LogP contribution in [0.3, 0.4) is 0 Å². The highest BCUT2D eigenvalue weighted by Gasteiger charge is 2.28. The molecule has 140 valence electrons. The molecular formula is C22H23NO4. The minimum atomic E-state index is -0.0330. The van der Waals surface area contributed by atoms with Gasteiger partial charge in [0.25, 0.3) is 5.91 Å². The molecule has 0 aromatic heterocycles. The summed E-state index contributed by atoms with van der Waals surface area (Å²) in [6, 6.07) is 11.0. The molecule has 1 aliphatic carbocycles. The second-order valence-electron chi connectivity index (χ2n) is 6.91. The lowest BCUT2D eigenvalue weighted by molar-refractivity contribution is -0.134. The molecule has 1 aliphatic heterocycles. The van der Waals surface area contributed by atoms with E-state index < -0.39 is 0 Å². The van der Waals surface area contributed by atoms with Crippen LogP contribution in [0.2, 0.25) is 0 Å². The molecule has 1 saturated heterocycles. The Morgan fingerprint density at radius 1 is 0.889 bits per heavy atom. The number of nitrogens with zero attached hydrogens (tertiary/aromatic N) is 1. The summed E-state index contributed by atoms with van der Waals surface area (Å²) in [7, 11) is 0. The van der Waals surface area contributed by atoms with E-state index in [1.165, 1.54) is 6.42 Å². The third kappa shape index (κ3) is 3.42. The van der Waals surface area contributed by atoms with E-state index in [0.717, 1.165) is 37.1 Å². The number of rotatable bonds is 5. The smallest absolute Gasteiger partial charge is 0.260 e. The Bertz CT molecular complexity index is 884. The van der Waals surface area contributed by atoms with Crippen molar-refractivity contribution in [3.05, 3.63) is 47.5 Å². The molecule has 2 aliphatic rings. The van der Waals surface area contributed by atoms with E-state index >= 15 is 0 Å². The highest BCUT2D eigenvalue weighted by atomic mass is 16.5. The van der Waals surface area contributed by atoms with Crippen LogP contribution >= 0.6 is 0 Å². The summed E-state index contributed by atoms with van der Waals surface area (Å²) >= 11 is 0. The zero-order chi connectivity index (χ0) is 18.8. The minimum absolute atomic E-state index is 0.00571. The van der Waals surface area contributed by atoms with E-state index in [-0.39, 0.29) is 18.3 Å². The molecule has 5 nitrogen and oxygen atoms in total. The van der Waals surface area contributed by atoms with Crippen molar-refractivity contribution in [2.75, 3.05) is 26.3 Å². The summed E-state index contributed by atoms with van der Waals surface area (Å²) in [6.07, 6.45) is 3.30. The number of ether oxygens (including phenoxy) is 2. The lowest BCUT2D eigenvalue weighted by Crippen LogP contribution is -2.38. The largest absolute Gasteiger partial charge is 0.494 e. The van der Waals surface area contributed by atoms with Crippen LogP contribution in [0.5, 0.6) is 11.5 Å². The molecule has 2 aromatic rings. The maximum absolute atomic E-state index is 12.8. The Morgan fingerprint density at radius 2 is 1.48 bits per heavy atom. The summed E-state index contributed by atoms with van der Waals surface area (Å²) in [5, 5.41) is 0. The molecule has 0 N–H and O–H groups in total. The average molecular weight is 365 g/mol. The fourth-order valence-electron chi connectivity index (χ4n) is 3.76. The van der Waals surface area contributed by atoms with Gasteiger partial charge in [-0.25, -0.2) is 0 Å². The van der Waals surface area contributed by atoms with Crippen molar-refractivity contribution in [1.82, 2.24) is 4.90 Å². The molecule has 0 spiro atoms. The van der Waals surface area contributed by atoms with Gasteiger partial charge in [0.05, 0.1) is 6.61 Å². The van der Waals surface area contributed by atoms with Crippen molar-refractivity contribution in [2.24, 2.45) is 0 Å². The van der Waals surface area contributed by atoms with E-state index in [4.69, 9.17) is 9.47 Å². The minimum Gasteiger partial charge on any atom is -0.494 e. The van der Waals surface area contributed by atoms with Gasteiger partial charge in [-0.3, -0.25) is 9.59 Å². The van der Waals surface area contributed by atoms with Crippen LogP contribution in [-0.4, -0.2) is 42.9 Å². The fraction of sp³-hybridized carbons (Fsp3) is 0.364. The van der Waals surface area contributed by atoms with Crippen LogP contribution in [0.4, 0.5) is 0 Å². The number of likely N-dealkylation sites (tertiary alicyclic amines) is 1. The standard InChI is InChI=1S/C22H23NO4/c1-2-26-15-6-8-17-18-9-7-16(13-20(18)22(25)19(17)12-15)27-14-21(24)23-10-4-3-5-11-23/h6-9,12-13H,2-5,10-11,14H2,1H3. The number of fused-ring (bicyclic) bond motifs is 3. The number of benzene rings is 2. The van der Waals surface area contributed by atoms with Gasteiger partial charge >= 0.3 is 0 Å². The molecule has 0 radical (unpaired) electrons. The predicted octanol–water partition coefficient (Wildman–Crippen LogP) is 3.69. The predicted molar refractivity (Wildman–Crippen MR) is 102 cm³/mol. The van der Waals surface area contributed by atoms with Crippen molar-refractivity contribution in [1.29, 1.82) is 0 Å². The zero-order valence-corrected chi connectivity index (χ0v) is 15.5. The van der Waals surface area contributed by atoms with Crippen LogP contribution in [0.1, 0.15) is 42.1 Å². The molecule has 1 amide bonds. The van der Waals surface area contributed by atoms with E-state index in [1.54, 1.807) is 12.1 Å². The molecule has 0 saturated carbocycles. The Kier molecular flexibility index (Phi) is 4.84. The number of carbonyl (C=O) groups is 2. The van der Waals surface area contributed by atoms with Gasteiger partial charge in [-0.15, -0.1) is 0 Å². The van der Waals surface area contributed by atoms with E-state index in [1.807, 2.05) is 36.1 Å². The molecule has 4 rings (SSSR count). The van der Waals surface area contributed by atoms with Crippen LogP contribution < -0.4 is 9.47 Å². The van der Waals surface area contributed by atoms with E-state index in [2.05, 4.69) is 0 Å². The summed E-state index contributed by atoms with van der Waals surface area (Å²) in [6.45, 7) is 4.10. The molecular weight excluding hydrogens is 342 g/mol. The average Bonchev–Trinajstić information content (AvgIpc) is 2.98. The Balaban J connectivity index is 1.49. The Hall–Kier alpha value is -2.82. The first-order chi connectivity index (χ1) is 13.2. The van der Waals surface area contributed by atoms with Crippen LogP contribution in [0, 0.1) is 0 Å². The molecule has 1 heterocycles. The highest BCUT2D eigenvalue weighted by Crippen LogP contribution is 2.39. The number of carbonyl (C=O) groups excluding carboxylic acids is 2. The van der Waals surface area contributed by atoms with Gasteiger partial charge in [-0.2, -0.15) is 0 Å². The van der Waals surface area contributed by atoms with Crippen molar-refractivity contribution in [2.45, 2.75) is 26.2 Å². The topological polar surface area (TPSA) is 55.8 Å². The lowest BCUT2D eigenvalue weighted by Gasteiger charge is -2.26. The highest BCUT2D eigenvalue weighted by molar-refractivity contribution is 6.22. The lowest BCUT2D eigenvalue weighted by atomic mass is 10.1. The van der Waals surface area contributed by atoms with Gasteiger partial charge in [-0.05, 0) is 73.7 Å². The van der Waals surface area contributed by atoms with Crippen LogP contribution in [-0.2, 0) is 4.79 Å². The molecule has 5 heteroatoms. The zero-order valence-electron chi connectivity index (χ0n) is 15.5. The van der Waals surface area contributed by atoms with Gasteiger partial charge in [-0.1, -0.05) is 0 Å².